The van der Waals surface area contributed by atoms with E-state index in [0.29, 0.717) is 35.5 Å². The van der Waals surface area contributed by atoms with Gasteiger partial charge in [0.15, 0.2) is 5.78 Å². The highest BCUT2D eigenvalue weighted by molar-refractivity contribution is 5.96. The number of nitrogens with one attached hydrogen (secondary N) is 1. The molecule has 130 valence electrons. The number of hydrogen-bond donors (Lipinski definition) is 1. The summed E-state index contributed by atoms with van der Waals surface area (Å²) in [6, 6.07) is 14.1. The summed E-state index contributed by atoms with van der Waals surface area (Å²) < 4.78 is 0. The van der Waals surface area contributed by atoms with E-state index in [1.54, 1.807) is 48.5 Å². The third-order valence-electron chi connectivity index (χ3n) is 3.61. The van der Waals surface area contributed by atoms with Crippen LogP contribution in [-0.2, 0) is 0 Å². The minimum Gasteiger partial charge on any atom is -0.352 e. The molecule has 0 saturated heterocycles. The first kappa shape index (κ1) is 18.5. The molecule has 0 radical (unpaired) electrons. The number of azo groups is 1. The molecule has 1 N–H and O–H groups in total. The van der Waals surface area contributed by atoms with E-state index in [9.17, 15) is 9.59 Å². The maximum absolute atomic E-state index is 11.8. The zero-order chi connectivity index (χ0) is 18.1. The van der Waals surface area contributed by atoms with E-state index < -0.39 is 0 Å². The average Bonchev–Trinajstić information content (AvgIpc) is 2.65. The molecule has 0 aliphatic carbocycles. The molecule has 0 atom stereocenters. The molecule has 0 saturated carbocycles. The van der Waals surface area contributed by atoms with E-state index in [0.717, 1.165) is 12.8 Å². The molecule has 2 aromatic carbocycles. The fourth-order valence-corrected chi connectivity index (χ4v) is 2.22. The van der Waals surface area contributed by atoms with Crippen molar-refractivity contribution < 1.29 is 9.59 Å². The maximum atomic E-state index is 11.8. The van der Waals surface area contributed by atoms with Crippen LogP contribution in [0.4, 0.5) is 11.4 Å². The van der Waals surface area contributed by atoms with Gasteiger partial charge in [-0.3, -0.25) is 9.59 Å². The van der Waals surface area contributed by atoms with E-state index in [1.165, 1.54) is 0 Å². The molecule has 0 aromatic heterocycles. The van der Waals surface area contributed by atoms with E-state index in [4.69, 9.17) is 0 Å². The number of hydrogen-bond acceptors (Lipinski definition) is 4. The molecular weight excluding hydrogens is 314 g/mol. The molecule has 0 aliphatic heterocycles. The first-order valence-electron chi connectivity index (χ1n) is 8.57. The first-order valence-corrected chi connectivity index (χ1v) is 8.57. The standard InChI is InChI=1S/C20H23N3O2/c1-3-5-19(24)15-6-10-17(11-7-15)22-23-18-12-8-16(9-13-18)20(25)21-14-4-2/h6-13H,3-5,14H2,1-2H3,(H,21,25). The molecular formula is C20H23N3O2. The van der Waals surface area contributed by atoms with Gasteiger partial charge in [-0.2, -0.15) is 10.2 Å². The van der Waals surface area contributed by atoms with Crippen molar-refractivity contribution in [3.8, 4) is 0 Å². The Balaban J connectivity index is 1.99. The van der Waals surface area contributed by atoms with Gasteiger partial charge in [0.1, 0.15) is 0 Å². The lowest BCUT2D eigenvalue weighted by molar-refractivity contribution is 0.0951. The highest BCUT2D eigenvalue weighted by atomic mass is 16.1. The molecule has 0 aliphatic rings. The van der Waals surface area contributed by atoms with E-state index in [2.05, 4.69) is 15.5 Å². The van der Waals surface area contributed by atoms with E-state index in [1.807, 2.05) is 13.8 Å². The van der Waals surface area contributed by atoms with Crippen molar-refractivity contribution in [2.45, 2.75) is 33.1 Å². The molecule has 0 unspecified atom stereocenters. The zero-order valence-electron chi connectivity index (χ0n) is 14.7. The van der Waals surface area contributed by atoms with Gasteiger partial charge in [-0.15, -0.1) is 0 Å². The topological polar surface area (TPSA) is 70.9 Å². The Kier molecular flexibility index (Phi) is 7.01. The summed E-state index contributed by atoms with van der Waals surface area (Å²) in [6.45, 7) is 4.66. The van der Waals surface area contributed by atoms with Crippen molar-refractivity contribution in [3.63, 3.8) is 0 Å². The second-order valence-corrected chi connectivity index (χ2v) is 5.72. The third kappa shape index (κ3) is 5.64. The highest BCUT2D eigenvalue weighted by Gasteiger charge is 2.05. The molecule has 0 fully saturated rings. The van der Waals surface area contributed by atoms with Crippen molar-refractivity contribution in [2.75, 3.05) is 6.54 Å². The Bertz CT molecular complexity index is 735. The Morgan fingerprint density at radius 1 is 0.800 bits per heavy atom. The van der Waals surface area contributed by atoms with Gasteiger partial charge in [0.05, 0.1) is 11.4 Å². The minimum atomic E-state index is -0.0855. The number of rotatable bonds is 8. The molecule has 5 nitrogen and oxygen atoms in total. The predicted octanol–water partition coefficient (Wildman–Crippen LogP) is 5.22. The number of carbonyl (C=O) groups excluding carboxylic acids is 2. The fourth-order valence-electron chi connectivity index (χ4n) is 2.22. The SMILES string of the molecule is CCCNC(=O)c1ccc(N=Nc2ccc(C(=O)CCC)cc2)cc1. The van der Waals surface area contributed by atoms with Crippen molar-refractivity contribution >= 4 is 23.1 Å². The number of nitrogens with zero attached hydrogens (tertiary/aromatic N) is 2. The van der Waals surface area contributed by atoms with Crippen LogP contribution in [0.2, 0.25) is 0 Å². The summed E-state index contributed by atoms with van der Waals surface area (Å²) in [5.74, 6) is 0.0561. The summed E-state index contributed by atoms with van der Waals surface area (Å²) in [4.78, 5) is 23.6. The van der Waals surface area contributed by atoms with Crippen molar-refractivity contribution in [2.24, 2.45) is 10.2 Å². The Hall–Kier alpha value is -2.82. The van der Waals surface area contributed by atoms with Crippen LogP contribution in [0.3, 0.4) is 0 Å². The molecule has 1 amide bonds. The fraction of sp³-hybridized carbons (Fsp3) is 0.300. The van der Waals surface area contributed by atoms with Crippen LogP contribution in [-0.4, -0.2) is 18.2 Å². The Morgan fingerprint density at radius 2 is 1.32 bits per heavy atom. The van der Waals surface area contributed by atoms with Crippen molar-refractivity contribution in [1.29, 1.82) is 0 Å². The summed E-state index contributed by atoms with van der Waals surface area (Å²) in [7, 11) is 0. The molecule has 0 spiro atoms. The number of amides is 1. The third-order valence-corrected chi connectivity index (χ3v) is 3.61. The van der Waals surface area contributed by atoms with Crippen molar-refractivity contribution in [3.05, 3.63) is 59.7 Å². The lowest BCUT2D eigenvalue weighted by Crippen LogP contribution is -2.23. The number of benzene rings is 2. The van der Waals surface area contributed by atoms with Crippen LogP contribution >= 0.6 is 0 Å². The van der Waals surface area contributed by atoms with Gasteiger partial charge in [-0.05, 0) is 61.4 Å². The van der Waals surface area contributed by atoms with E-state index >= 15 is 0 Å². The summed E-state index contributed by atoms with van der Waals surface area (Å²) in [5, 5.41) is 11.1. The number of Topliss-reactive ketones (excluding diaryl/α,β-unsaturated/α-hetero) is 1. The van der Waals surface area contributed by atoms with Crippen LogP contribution in [0.1, 0.15) is 53.8 Å². The van der Waals surface area contributed by atoms with Gasteiger partial charge < -0.3 is 5.32 Å². The molecule has 5 heteroatoms. The first-order chi connectivity index (χ1) is 12.1. The Labute approximate surface area is 148 Å². The van der Waals surface area contributed by atoms with Crippen LogP contribution in [0.15, 0.2) is 58.8 Å². The van der Waals surface area contributed by atoms with Gasteiger partial charge >= 0.3 is 0 Å². The lowest BCUT2D eigenvalue weighted by atomic mass is 10.1. The molecule has 0 bridgehead atoms. The Morgan fingerprint density at radius 3 is 1.80 bits per heavy atom. The van der Waals surface area contributed by atoms with E-state index in [-0.39, 0.29) is 11.7 Å². The smallest absolute Gasteiger partial charge is 0.251 e. The maximum Gasteiger partial charge on any atom is 0.251 e. The lowest BCUT2D eigenvalue weighted by Gasteiger charge is -2.03. The largest absolute Gasteiger partial charge is 0.352 e. The normalized spacial score (nSPS) is 10.8. The summed E-state index contributed by atoms with van der Waals surface area (Å²) in [6.07, 6.45) is 2.30. The predicted molar refractivity (Wildman–Crippen MR) is 98.9 cm³/mol. The number of carbonyl (C=O) groups is 2. The van der Waals surface area contributed by atoms with Crippen LogP contribution in [0.25, 0.3) is 0 Å². The molecule has 0 heterocycles. The van der Waals surface area contributed by atoms with Crippen molar-refractivity contribution in [1.82, 2.24) is 5.32 Å². The second kappa shape index (κ2) is 9.47. The van der Waals surface area contributed by atoms with Gasteiger partial charge in [0.2, 0.25) is 0 Å². The quantitative estimate of drug-likeness (QED) is 0.529. The molecule has 2 aromatic rings. The average molecular weight is 337 g/mol. The minimum absolute atomic E-state index is 0.0855. The number of ketones is 1. The second-order valence-electron chi connectivity index (χ2n) is 5.72. The highest BCUT2D eigenvalue weighted by Crippen LogP contribution is 2.20. The zero-order valence-corrected chi connectivity index (χ0v) is 14.7. The molecule has 25 heavy (non-hydrogen) atoms. The van der Waals surface area contributed by atoms with Gasteiger partial charge in [0.25, 0.3) is 5.91 Å². The summed E-state index contributed by atoms with van der Waals surface area (Å²) in [5.41, 5.74) is 2.64. The van der Waals surface area contributed by atoms with Gasteiger partial charge in [-0.1, -0.05) is 13.8 Å². The summed E-state index contributed by atoms with van der Waals surface area (Å²) >= 11 is 0. The van der Waals surface area contributed by atoms with Crippen LogP contribution in [0, 0.1) is 0 Å². The molecule has 2 rings (SSSR count). The van der Waals surface area contributed by atoms with Crippen LogP contribution in [0.5, 0.6) is 0 Å². The van der Waals surface area contributed by atoms with Gasteiger partial charge in [0, 0.05) is 24.1 Å². The van der Waals surface area contributed by atoms with Crippen LogP contribution < -0.4 is 5.32 Å². The monoisotopic (exact) mass is 337 g/mol. The van der Waals surface area contributed by atoms with Gasteiger partial charge in [-0.25, -0.2) is 0 Å².